The number of H-pyrrole nitrogens is 1. The van der Waals surface area contributed by atoms with E-state index in [1.165, 1.54) is 5.56 Å². The van der Waals surface area contributed by atoms with E-state index >= 15 is 0 Å². The minimum Gasteiger partial charge on any atom is -0.497 e. The van der Waals surface area contributed by atoms with E-state index in [0.29, 0.717) is 17.3 Å². The van der Waals surface area contributed by atoms with Gasteiger partial charge in [-0.05, 0) is 60.7 Å². The van der Waals surface area contributed by atoms with Crippen LogP contribution >= 0.6 is 0 Å². The molecule has 0 aliphatic heterocycles. The number of nitrogens with one attached hydrogen (secondary N) is 2. The van der Waals surface area contributed by atoms with E-state index in [0.717, 1.165) is 29.0 Å². The SMILES string of the molecule is COc1ccc(C(C)=NNC(=O)c2cc(-c3ccc(CC(C)C)cc3)n[nH]2)cc1. The summed E-state index contributed by atoms with van der Waals surface area (Å²) in [5.74, 6) is 1.05. The second-order valence-corrected chi connectivity index (χ2v) is 7.33. The molecule has 0 aliphatic carbocycles. The molecule has 150 valence electrons. The van der Waals surface area contributed by atoms with Gasteiger partial charge in [-0.3, -0.25) is 9.89 Å². The fourth-order valence-corrected chi connectivity index (χ4v) is 2.96. The average Bonchev–Trinajstić information content (AvgIpc) is 3.22. The van der Waals surface area contributed by atoms with Crippen molar-refractivity contribution in [3.05, 3.63) is 71.4 Å². The van der Waals surface area contributed by atoms with Crippen molar-refractivity contribution in [2.45, 2.75) is 27.2 Å². The van der Waals surface area contributed by atoms with Gasteiger partial charge in [0.1, 0.15) is 11.4 Å². The minimum absolute atomic E-state index is 0.340. The monoisotopic (exact) mass is 390 g/mol. The van der Waals surface area contributed by atoms with Crippen LogP contribution in [0.4, 0.5) is 0 Å². The lowest BCUT2D eigenvalue weighted by molar-refractivity contribution is 0.0950. The molecule has 0 fully saturated rings. The molecular weight excluding hydrogens is 364 g/mol. The second-order valence-electron chi connectivity index (χ2n) is 7.33. The number of hydrazone groups is 1. The van der Waals surface area contributed by atoms with Crippen LogP contribution in [-0.2, 0) is 6.42 Å². The van der Waals surface area contributed by atoms with Crippen LogP contribution in [0.5, 0.6) is 5.75 Å². The number of aromatic nitrogens is 2. The molecule has 0 bridgehead atoms. The number of benzene rings is 2. The lowest BCUT2D eigenvalue weighted by Crippen LogP contribution is -2.19. The van der Waals surface area contributed by atoms with E-state index in [-0.39, 0.29) is 5.91 Å². The molecule has 1 heterocycles. The Bertz CT molecular complexity index is 986. The van der Waals surface area contributed by atoms with E-state index in [9.17, 15) is 4.79 Å². The Balaban J connectivity index is 1.65. The smallest absolute Gasteiger partial charge is 0.289 e. The molecule has 3 aromatic rings. The number of nitrogens with zero attached hydrogens (tertiary/aromatic N) is 2. The van der Waals surface area contributed by atoms with Crippen molar-refractivity contribution < 1.29 is 9.53 Å². The maximum Gasteiger partial charge on any atom is 0.289 e. The summed E-state index contributed by atoms with van der Waals surface area (Å²) in [6.07, 6.45) is 1.04. The largest absolute Gasteiger partial charge is 0.497 e. The predicted molar refractivity (Wildman–Crippen MR) is 115 cm³/mol. The molecule has 1 aromatic heterocycles. The highest BCUT2D eigenvalue weighted by molar-refractivity contribution is 6.00. The third-order valence-electron chi connectivity index (χ3n) is 4.55. The van der Waals surface area contributed by atoms with E-state index in [4.69, 9.17) is 4.74 Å². The van der Waals surface area contributed by atoms with Gasteiger partial charge in [-0.1, -0.05) is 38.1 Å². The number of carbonyl (C=O) groups is 1. The summed E-state index contributed by atoms with van der Waals surface area (Å²) in [4.78, 5) is 12.4. The summed E-state index contributed by atoms with van der Waals surface area (Å²) in [5.41, 5.74) is 7.50. The minimum atomic E-state index is -0.340. The van der Waals surface area contributed by atoms with E-state index < -0.39 is 0 Å². The third-order valence-corrected chi connectivity index (χ3v) is 4.55. The van der Waals surface area contributed by atoms with Crippen LogP contribution in [0.2, 0.25) is 0 Å². The highest BCUT2D eigenvalue weighted by Crippen LogP contribution is 2.19. The van der Waals surface area contributed by atoms with Gasteiger partial charge in [0, 0.05) is 5.56 Å². The van der Waals surface area contributed by atoms with Gasteiger partial charge < -0.3 is 4.74 Å². The van der Waals surface area contributed by atoms with Crippen molar-refractivity contribution in [1.29, 1.82) is 0 Å². The summed E-state index contributed by atoms with van der Waals surface area (Å²) in [7, 11) is 1.62. The Kier molecular flexibility index (Phi) is 6.44. The number of rotatable bonds is 7. The van der Waals surface area contributed by atoms with E-state index in [1.54, 1.807) is 13.2 Å². The predicted octanol–water partition coefficient (Wildman–Crippen LogP) is 4.44. The van der Waals surface area contributed by atoms with Crippen LogP contribution in [0.3, 0.4) is 0 Å². The Labute approximate surface area is 171 Å². The number of methoxy groups -OCH3 is 1. The van der Waals surface area contributed by atoms with E-state index in [2.05, 4.69) is 46.7 Å². The summed E-state index contributed by atoms with van der Waals surface area (Å²) in [6.45, 7) is 6.23. The quantitative estimate of drug-likeness (QED) is 0.462. The second kappa shape index (κ2) is 9.19. The van der Waals surface area contributed by atoms with Gasteiger partial charge in [0.25, 0.3) is 5.91 Å². The fourth-order valence-electron chi connectivity index (χ4n) is 2.96. The summed E-state index contributed by atoms with van der Waals surface area (Å²) >= 11 is 0. The standard InChI is InChI=1S/C23H26N4O2/c1-15(2)13-17-5-7-19(8-6-17)21-14-22(26-25-21)23(28)27-24-16(3)18-9-11-20(29-4)12-10-18/h5-12,14-15H,13H2,1-4H3,(H,25,26)(H,27,28). The summed E-state index contributed by atoms with van der Waals surface area (Å²) in [6, 6.07) is 17.5. The number of hydrogen-bond acceptors (Lipinski definition) is 4. The topological polar surface area (TPSA) is 79.4 Å². The zero-order chi connectivity index (χ0) is 20.8. The Morgan fingerprint density at radius 3 is 2.45 bits per heavy atom. The Morgan fingerprint density at radius 2 is 1.83 bits per heavy atom. The van der Waals surface area contributed by atoms with Crippen LogP contribution < -0.4 is 10.2 Å². The van der Waals surface area contributed by atoms with Gasteiger partial charge >= 0.3 is 0 Å². The molecule has 0 saturated heterocycles. The molecule has 2 N–H and O–H groups in total. The molecule has 0 unspecified atom stereocenters. The Hall–Kier alpha value is -3.41. The highest BCUT2D eigenvalue weighted by Gasteiger charge is 2.11. The van der Waals surface area contributed by atoms with E-state index in [1.807, 2.05) is 43.3 Å². The van der Waals surface area contributed by atoms with Gasteiger partial charge in [0.05, 0.1) is 18.5 Å². The van der Waals surface area contributed by atoms with Gasteiger partial charge in [0.2, 0.25) is 0 Å². The first kappa shape index (κ1) is 20.3. The van der Waals surface area contributed by atoms with Crippen molar-refractivity contribution in [2.24, 2.45) is 11.0 Å². The first-order valence-electron chi connectivity index (χ1n) is 9.60. The molecule has 3 rings (SSSR count). The molecule has 0 radical (unpaired) electrons. The molecule has 29 heavy (non-hydrogen) atoms. The molecular formula is C23H26N4O2. The highest BCUT2D eigenvalue weighted by atomic mass is 16.5. The maximum absolute atomic E-state index is 12.4. The average molecular weight is 390 g/mol. The van der Waals surface area contributed by atoms with Crippen molar-refractivity contribution in [3.63, 3.8) is 0 Å². The number of hydrogen-bond donors (Lipinski definition) is 2. The maximum atomic E-state index is 12.4. The molecule has 0 saturated carbocycles. The molecule has 2 aromatic carbocycles. The molecule has 6 nitrogen and oxygen atoms in total. The molecule has 0 atom stereocenters. The van der Waals surface area contributed by atoms with Crippen LogP contribution in [0, 0.1) is 5.92 Å². The van der Waals surface area contributed by atoms with Crippen molar-refractivity contribution >= 4 is 11.6 Å². The Morgan fingerprint density at radius 1 is 1.14 bits per heavy atom. The van der Waals surface area contributed by atoms with Crippen LogP contribution in [-0.4, -0.2) is 28.9 Å². The van der Waals surface area contributed by atoms with Gasteiger partial charge in [-0.25, -0.2) is 5.43 Å². The van der Waals surface area contributed by atoms with Gasteiger partial charge in [-0.2, -0.15) is 10.2 Å². The zero-order valence-corrected chi connectivity index (χ0v) is 17.2. The molecule has 6 heteroatoms. The van der Waals surface area contributed by atoms with Crippen LogP contribution in [0.25, 0.3) is 11.3 Å². The third kappa shape index (κ3) is 5.31. The molecule has 0 spiro atoms. The zero-order valence-electron chi connectivity index (χ0n) is 17.2. The number of amides is 1. The number of aromatic amines is 1. The molecule has 0 aliphatic rings. The summed E-state index contributed by atoms with van der Waals surface area (Å²) in [5, 5.41) is 11.2. The van der Waals surface area contributed by atoms with Gasteiger partial charge in [0.15, 0.2) is 0 Å². The fraction of sp³-hybridized carbons (Fsp3) is 0.261. The van der Waals surface area contributed by atoms with Crippen molar-refractivity contribution in [1.82, 2.24) is 15.6 Å². The first-order chi connectivity index (χ1) is 14.0. The number of carbonyl (C=O) groups excluding carboxylic acids is 1. The van der Waals surface area contributed by atoms with Crippen molar-refractivity contribution in [2.75, 3.05) is 7.11 Å². The first-order valence-corrected chi connectivity index (χ1v) is 9.60. The molecule has 1 amide bonds. The lowest BCUT2D eigenvalue weighted by Gasteiger charge is -2.05. The number of ether oxygens (including phenoxy) is 1. The lowest BCUT2D eigenvalue weighted by atomic mass is 10.0. The van der Waals surface area contributed by atoms with Gasteiger partial charge in [-0.15, -0.1) is 0 Å². The van der Waals surface area contributed by atoms with Crippen LogP contribution in [0.1, 0.15) is 42.4 Å². The summed E-state index contributed by atoms with van der Waals surface area (Å²) < 4.78 is 5.15. The van der Waals surface area contributed by atoms with Crippen LogP contribution in [0.15, 0.2) is 59.7 Å². The normalized spacial score (nSPS) is 11.6. The van der Waals surface area contributed by atoms with Crippen molar-refractivity contribution in [3.8, 4) is 17.0 Å².